The molecule has 0 saturated heterocycles. The van der Waals surface area contributed by atoms with E-state index in [0.717, 1.165) is 25.1 Å². The summed E-state index contributed by atoms with van der Waals surface area (Å²) in [5.41, 5.74) is 4.04. The second-order valence-corrected chi connectivity index (χ2v) is 5.30. The van der Waals surface area contributed by atoms with E-state index < -0.39 is 6.10 Å². The lowest BCUT2D eigenvalue weighted by Crippen LogP contribution is -2.25. The van der Waals surface area contributed by atoms with Gasteiger partial charge in [-0.3, -0.25) is 0 Å². The van der Waals surface area contributed by atoms with Gasteiger partial charge in [0.15, 0.2) is 0 Å². The molecule has 0 aromatic heterocycles. The van der Waals surface area contributed by atoms with Crippen LogP contribution in [0.15, 0.2) is 18.2 Å². The lowest BCUT2D eigenvalue weighted by Gasteiger charge is -2.14. The van der Waals surface area contributed by atoms with E-state index in [1.165, 1.54) is 30.4 Å². The lowest BCUT2D eigenvalue weighted by molar-refractivity contribution is 0.0422. The lowest BCUT2D eigenvalue weighted by atomic mass is 10.1. The predicted octanol–water partition coefficient (Wildman–Crippen LogP) is 2.76. The Balaban J connectivity index is 1.70. The maximum absolute atomic E-state index is 9.82. The number of hydrogen-bond acceptors (Lipinski definition) is 3. The normalized spacial score (nSPS) is 15.3. The van der Waals surface area contributed by atoms with Gasteiger partial charge >= 0.3 is 0 Å². The molecule has 0 bridgehead atoms. The molecule has 1 aliphatic rings. The SMILES string of the molecule is CCCCOCC(O)CNc1ccc2c(c1)CCC2. The number of nitrogens with one attached hydrogen (secondary N) is 1. The number of aryl methyl sites for hydroxylation is 2. The van der Waals surface area contributed by atoms with Crippen molar-refractivity contribution in [1.82, 2.24) is 0 Å². The van der Waals surface area contributed by atoms with Gasteiger partial charge < -0.3 is 15.2 Å². The molecule has 0 fully saturated rings. The standard InChI is InChI=1S/C16H25NO2/c1-2-3-9-19-12-16(18)11-17-15-8-7-13-5-4-6-14(13)10-15/h7-8,10,16-18H,2-6,9,11-12H2,1H3. The van der Waals surface area contributed by atoms with Crippen molar-refractivity contribution < 1.29 is 9.84 Å². The van der Waals surface area contributed by atoms with Crippen LogP contribution in [-0.2, 0) is 17.6 Å². The third-order valence-electron chi connectivity index (χ3n) is 3.59. The van der Waals surface area contributed by atoms with Crippen LogP contribution in [0.2, 0.25) is 0 Å². The summed E-state index contributed by atoms with van der Waals surface area (Å²) in [6, 6.07) is 6.52. The Morgan fingerprint density at radius 1 is 1.32 bits per heavy atom. The first-order chi connectivity index (χ1) is 9.29. The van der Waals surface area contributed by atoms with Gasteiger partial charge in [-0.1, -0.05) is 19.4 Å². The molecule has 1 aromatic rings. The number of hydrogen-bond donors (Lipinski definition) is 2. The topological polar surface area (TPSA) is 41.5 Å². The largest absolute Gasteiger partial charge is 0.389 e. The summed E-state index contributed by atoms with van der Waals surface area (Å²) in [6.45, 7) is 3.84. The maximum Gasteiger partial charge on any atom is 0.0945 e. The Morgan fingerprint density at radius 3 is 3.00 bits per heavy atom. The monoisotopic (exact) mass is 263 g/mol. The smallest absolute Gasteiger partial charge is 0.0945 e. The van der Waals surface area contributed by atoms with Crippen LogP contribution in [0.25, 0.3) is 0 Å². The molecular formula is C16H25NO2. The number of aliphatic hydroxyl groups excluding tert-OH is 1. The zero-order valence-electron chi connectivity index (χ0n) is 11.8. The fourth-order valence-corrected chi connectivity index (χ4v) is 2.44. The van der Waals surface area contributed by atoms with E-state index >= 15 is 0 Å². The Bertz CT molecular complexity index is 392. The summed E-state index contributed by atoms with van der Waals surface area (Å²) in [4.78, 5) is 0. The molecule has 0 aliphatic heterocycles. The second-order valence-electron chi connectivity index (χ2n) is 5.30. The van der Waals surface area contributed by atoms with Crippen molar-refractivity contribution >= 4 is 5.69 Å². The summed E-state index contributed by atoms with van der Waals surface area (Å²) in [7, 11) is 0. The zero-order valence-corrected chi connectivity index (χ0v) is 11.8. The summed E-state index contributed by atoms with van der Waals surface area (Å²) in [5, 5.41) is 13.1. The minimum Gasteiger partial charge on any atom is -0.389 e. The number of benzene rings is 1. The van der Waals surface area contributed by atoms with Crippen LogP contribution in [0.1, 0.15) is 37.3 Å². The summed E-state index contributed by atoms with van der Waals surface area (Å²) in [6.07, 6.45) is 5.42. The summed E-state index contributed by atoms with van der Waals surface area (Å²) >= 11 is 0. The molecule has 1 atom stereocenters. The molecule has 1 unspecified atom stereocenters. The van der Waals surface area contributed by atoms with Gasteiger partial charge in [-0.2, -0.15) is 0 Å². The average molecular weight is 263 g/mol. The van der Waals surface area contributed by atoms with Gasteiger partial charge in [-0.25, -0.2) is 0 Å². The Labute approximate surface area is 116 Å². The highest BCUT2D eigenvalue weighted by Crippen LogP contribution is 2.24. The molecule has 3 heteroatoms. The van der Waals surface area contributed by atoms with E-state index in [0.29, 0.717) is 13.2 Å². The number of anilines is 1. The van der Waals surface area contributed by atoms with E-state index in [1.807, 2.05) is 0 Å². The van der Waals surface area contributed by atoms with Crippen molar-refractivity contribution in [2.45, 2.75) is 45.1 Å². The van der Waals surface area contributed by atoms with E-state index in [-0.39, 0.29) is 0 Å². The maximum atomic E-state index is 9.82. The van der Waals surface area contributed by atoms with Crippen molar-refractivity contribution in [1.29, 1.82) is 0 Å². The highest BCUT2D eigenvalue weighted by atomic mass is 16.5. The average Bonchev–Trinajstić information content (AvgIpc) is 2.89. The third kappa shape index (κ3) is 4.51. The molecule has 0 radical (unpaired) electrons. The molecule has 2 N–H and O–H groups in total. The van der Waals surface area contributed by atoms with Crippen molar-refractivity contribution in [2.24, 2.45) is 0 Å². The first kappa shape index (κ1) is 14.4. The highest BCUT2D eigenvalue weighted by molar-refractivity contribution is 5.50. The van der Waals surface area contributed by atoms with Crippen molar-refractivity contribution in [3.8, 4) is 0 Å². The molecule has 1 aromatic carbocycles. The van der Waals surface area contributed by atoms with Crippen LogP contribution in [0.3, 0.4) is 0 Å². The molecule has 0 heterocycles. The Kier molecular flexibility index (Phi) is 5.67. The molecular weight excluding hydrogens is 238 g/mol. The van der Waals surface area contributed by atoms with Crippen molar-refractivity contribution in [2.75, 3.05) is 25.1 Å². The number of fused-ring (bicyclic) bond motifs is 1. The first-order valence-electron chi connectivity index (χ1n) is 7.41. The molecule has 1 aliphatic carbocycles. The summed E-state index contributed by atoms with van der Waals surface area (Å²) < 4.78 is 5.41. The minimum atomic E-state index is -0.440. The van der Waals surface area contributed by atoms with Crippen molar-refractivity contribution in [3.05, 3.63) is 29.3 Å². The molecule has 0 saturated carbocycles. The van der Waals surface area contributed by atoms with E-state index in [1.54, 1.807) is 0 Å². The molecule has 2 rings (SSSR count). The fraction of sp³-hybridized carbons (Fsp3) is 0.625. The van der Waals surface area contributed by atoms with Gasteiger partial charge in [0.25, 0.3) is 0 Å². The zero-order chi connectivity index (χ0) is 13.5. The fourth-order valence-electron chi connectivity index (χ4n) is 2.44. The van der Waals surface area contributed by atoms with Gasteiger partial charge in [-0.15, -0.1) is 0 Å². The predicted molar refractivity (Wildman–Crippen MR) is 78.7 cm³/mol. The van der Waals surface area contributed by atoms with Gasteiger partial charge in [0.1, 0.15) is 0 Å². The second kappa shape index (κ2) is 7.51. The number of rotatable bonds is 8. The van der Waals surface area contributed by atoms with Crippen LogP contribution in [0.5, 0.6) is 0 Å². The number of aliphatic hydroxyl groups is 1. The number of ether oxygens (including phenoxy) is 1. The van der Waals surface area contributed by atoms with Gasteiger partial charge in [0.2, 0.25) is 0 Å². The highest BCUT2D eigenvalue weighted by Gasteiger charge is 2.11. The first-order valence-corrected chi connectivity index (χ1v) is 7.41. The molecule has 106 valence electrons. The van der Waals surface area contributed by atoms with Crippen LogP contribution < -0.4 is 5.32 Å². The Morgan fingerprint density at radius 2 is 2.16 bits per heavy atom. The van der Waals surface area contributed by atoms with Gasteiger partial charge in [0.05, 0.1) is 12.7 Å². The molecule has 19 heavy (non-hydrogen) atoms. The minimum absolute atomic E-state index is 0.415. The summed E-state index contributed by atoms with van der Waals surface area (Å²) in [5.74, 6) is 0. The Hall–Kier alpha value is -1.06. The van der Waals surface area contributed by atoms with Crippen LogP contribution in [0, 0.1) is 0 Å². The van der Waals surface area contributed by atoms with E-state index in [2.05, 4.69) is 30.4 Å². The third-order valence-corrected chi connectivity index (χ3v) is 3.59. The number of unbranched alkanes of at least 4 members (excludes halogenated alkanes) is 1. The van der Waals surface area contributed by atoms with Gasteiger partial charge in [-0.05, 0) is 48.9 Å². The van der Waals surface area contributed by atoms with Crippen molar-refractivity contribution in [3.63, 3.8) is 0 Å². The van der Waals surface area contributed by atoms with E-state index in [4.69, 9.17) is 4.74 Å². The quantitative estimate of drug-likeness (QED) is 0.709. The van der Waals surface area contributed by atoms with Crippen LogP contribution in [0.4, 0.5) is 5.69 Å². The van der Waals surface area contributed by atoms with Crippen LogP contribution >= 0.6 is 0 Å². The van der Waals surface area contributed by atoms with E-state index in [9.17, 15) is 5.11 Å². The molecule has 0 amide bonds. The molecule has 3 nitrogen and oxygen atoms in total. The van der Waals surface area contributed by atoms with Gasteiger partial charge in [0, 0.05) is 18.8 Å². The molecule has 0 spiro atoms. The van der Waals surface area contributed by atoms with Crippen LogP contribution in [-0.4, -0.2) is 31.0 Å².